The maximum Gasteiger partial charge on any atom is 0.231 e. The molecule has 4 rings (SSSR count). The Labute approximate surface area is 211 Å². The molecule has 1 amide bonds. The number of imidazole rings is 1. The third-order valence-corrected chi connectivity index (χ3v) is 6.06. The van der Waals surface area contributed by atoms with Crippen LogP contribution in [0.25, 0.3) is 5.69 Å². The van der Waals surface area contributed by atoms with Crippen molar-refractivity contribution >= 4 is 35.5 Å². The molecule has 0 unspecified atom stereocenters. The molecule has 7 nitrogen and oxygen atoms in total. The van der Waals surface area contributed by atoms with Crippen LogP contribution in [-0.2, 0) is 24.2 Å². The molecule has 0 aliphatic carbocycles. The Balaban J connectivity index is 1.65. The molecule has 0 saturated carbocycles. The number of hydrogen-bond donors (Lipinski definition) is 2. The van der Waals surface area contributed by atoms with Gasteiger partial charge in [-0.2, -0.15) is 0 Å². The van der Waals surface area contributed by atoms with E-state index >= 15 is 0 Å². The number of halogens is 2. The molecule has 0 aliphatic heterocycles. The molecule has 0 radical (unpaired) electrons. The standard InChI is InChI=1S/C25H22ClFN4O3S/c1-34-20-10-11-22(28-15-20)29-23(32)14-21-24(33)31(19-8-6-18(27)7-9-19)25(35)30(21)13-12-16-2-4-17(26)5-3-16/h2-11,15,33H,12-14H2,1H3,(H,28,29,32). The number of carbonyl (C=O) groups is 1. The van der Waals surface area contributed by atoms with Gasteiger partial charge < -0.3 is 19.7 Å². The van der Waals surface area contributed by atoms with Gasteiger partial charge in [-0.15, -0.1) is 0 Å². The average Bonchev–Trinajstić information content (AvgIpc) is 3.08. The van der Waals surface area contributed by atoms with Crippen LogP contribution >= 0.6 is 23.8 Å². The van der Waals surface area contributed by atoms with Gasteiger partial charge in [-0.3, -0.25) is 9.36 Å². The molecule has 4 aromatic rings. The molecule has 0 spiro atoms. The van der Waals surface area contributed by atoms with Gasteiger partial charge in [-0.1, -0.05) is 23.7 Å². The molecular formula is C25H22ClFN4O3S. The number of nitrogens with zero attached hydrogens (tertiary/aromatic N) is 3. The largest absolute Gasteiger partial charge is 0.495 e. The molecular weight excluding hydrogens is 491 g/mol. The Morgan fingerprint density at radius 2 is 1.86 bits per heavy atom. The van der Waals surface area contributed by atoms with Crippen molar-refractivity contribution in [2.75, 3.05) is 12.4 Å². The van der Waals surface area contributed by atoms with Crippen LogP contribution in [-0.4, -0.2) is 32.2 Å². The summed E-state index contributed by atoms with van der Waals surface area (Å²) >= 11 is 11.6. The Hall–Kier alpha value is -3.69. The van der Waals surface area contributed by atoms with E-state index in [1.165, 1.54) is 42.1 Å². The zero-order chi connectivity index (χ0) is 24.9. The lowest BCUT2D eigenvalue weighted by Crippen LogP contribution is -2.18. The van der Waals surface area contributed by atoms with Gasteiger partial charge in [-0.05, 0) is 72.7 Å². The number of hydrogen-bond acceptors (Lipinski definition) is 5. The lowest BCUT2D eigenvalue weighted by atomic mass is 10.1. The fraction of sp³-hybridized carbons (Fsp3) is 0.160. The zero-order valence-corrected chi connectivity index (χ0v) is 20.3. The Bertz CT molecular complexity index is 1380. The Morgan fingerprint density at radius 3 is 2.49 bits per heavy atom. The third kappa shape index (κ3) is 5.70. The number of amides is 1. The number of anilines is 1. The SMILES string of the molecule is COc1ccc(NC(=O)Cc2c(O)n(-c3ccc(F)cc3)c(=S)n2CCc2ccc(Cl)cc2)nc1. The predicted octanol–water partition coefficient (Wildman–Crippen LogP) is 5.33. The van der Waals surface area contributed by atoms with Crippen molar-refractivity contribution in [2.45, 2.75) is 19.4 Å². The number of aromatic hydroxyl groups is 1. The lowest BCUT2D eigenvalue weighted by molar-refractivity contribution is -0.115. The number of pyridine rings is 1. The van der Waals surface area contributed by atoms with E-state index < -0.39 is 5.82 Å². The van der Waals surface area contributed by atoms with Gasteiger partial charge in [-0.25, -0.2) is 9.37 Å². The second-order valence-corrected chi connectivity index (χ2v) is 8.50. The maximum absolute atomic E-state index is 13.5. The molecule has 35 heavy (non-hydrogen) atoms. The minimum Gasteiger partial charge on any atom is -0.495 e. The zero-order valence-electron chi connectivity index (χ0n) is 18.7. The number of nitrogens with one attached hydrogen (secondary N) is 1. The number of ether oxygens (including phenoxy) is 1. The molecule has 180 valence electrons. The number of benzene rings is 2. The van der Waals surface area contributed by atoms with Crippen molar-refractivity contribution in [3.63, 3.8) is 0 Å². The quantitative estimate of drug-likeness (QED) is 0.312. The summed E-state index contributed by atoms with van der Waals surface area (Å²) in [5.74, 6) is -0.0686. The first-order valence-electron chi connectivity index (χ1n) is 10.7. The molecule has 2 aromatic heterocycles. The summed E-state index contributed by atoms with van der Waals surface area (Å²) < 4.78 is 22.0. The van der Waals surface area contributed by atoms with Crippen molar-refractivity contribution in [3.05, 3.63) is 93.7 Å². The lowest BCUT2D eigenvalue weighted by Gasteiger charge is -2.09. The summed E-state index contributed by atoms with van der Waals surface area (Å²) in [5, 5.41) is 14.4. The van der Waals surface area contributed by atoms with E-state index in [1.807, 2.05) is 12.1 Å². The van der Waals surface area contributed by atoms with Crippen LogP contribution in [0, 0.1) is 10.6 Å². The number of methoxy groups -OCH3 is 1. The van der Waals surface area contributed by atoms with E-state index in [0.29, 0.717) is 40.9 Å². The number of aryl methyl sites for hydroxylation is 1. The van der Waals surface area contributed by atoms with Crippen molar-refractivity contribution < 1.29 is 19.0 Å². The Morgan fingerprint density at radius 1 is 1.14 bits per heavy atom. The molecule has 2 N–H and O–H groups in total. The highest BCUT2D eigenvalue weighted by atomic mass is 35.5. The minimum atomic E-state index is -0.409. The summed E-state index contributed by atoms with van der Waals surface area (Å²) in [5.41, 5.74) is 1.83. The summed E-state index contributed by atoms with van der Waals surface area (Å²) in [4.78, 5) is 17.0. The van der Waals surface area contributed by atoms with Gasteiger partial charge in [0, 0.05) is 11.6 Å². The molecule has 0 saturated heterocycles. The van der Waals surface area contributed by atoms with Gasteiger partial charge in [0.25, 0.3) is 0 Å². The first kappa shape index (κ1) is 24.4. The summed E-state index contributed by atoms with van der Waals surface area (Å²) in [6.07, 6.45) is 1.93. The smallest absolute Gasteiger partial charge is 0.231 e. The van der Waals surface area contributed by atoms with Crippen molar-refractivity contribution in [1.82, 2.24) is 14.1 Å². The van der Waals surface area contributed by atoms with Crippen LogP contribution in [0.15, 0.2) is 66.9 Å². The highest BCUT2D eigenvalue weighted by Crippen LogP contribution is 2.27. The number of carbonyl (C=O) groups excluding carboxylic acids is 1. The van der Waals surface area contributed by atoms with Crippen LogP contribution in [0.5, 0.6) is 11.6 Å². The molecule has 2 heterocycles. The molecule has 0 aliphatic rings. The number of aromatic nitrogens is 3. The van der Waals surface area contributed by atoms with Gasteiger partial charge in [0.1, 0.15) is 17.4 Å². The normalized spacial score (nSPS) is 10.8. The first-order valence-corrected chi connectivity index (χ1v) is 11.5. The van der Waals surface area contributed by atoms with Gasteiger partial charge in [0.15, 0.2) is 4.77 Å². The van der Waals surface area contributed by atoms with E-state index in [-0.39, 0.29) is 23.0 Å². The summed E-state index contributed by atoms with van der Waals surface area (Å²) in [6, 6.07) is 16.3. The summed E-state index contributed by atoms with van der Waals surface area (Å²) in [7, 11) is 1.53. The van der Waals surface area contributed by atoms with E-state index in [1.54, 1.807) is 28.8 Å². The highest BCUT2D eigenvalue weighted by Gasteiger charge is 2.21. The summed E-state index contributed by atoms with van der Waals surface area (Å²) in [6.45, 7) is 0.408. The number of rotatable bonds is 8. The predicted molar refractivity (Wildman–Crippen MR) is 134 cm³/mol. The minimum absolute atomic E-state index is 0.155. The fourth-order valence-electron chi connectivity index (χ4n) is 3.61. The Kier molecular flexibility index (Phi) is 7.48. The molecule has 10 heteroatoms. The molecule has 0 fully saturated rings. The van der Waals surface area contributed by atoms with Gasteiger partial charge in [0.05, 0.1) is 31.1 Å². The fourth-order valence-corrected chi connectivity index (χ4v) is 4.13. The van der Waals surface area contributed by atoms with Crippen LogP contribution in [0.2, 0.25) is 5.02 Å². The van der Waals surface area contributed by atoms with Crippen LogP contribution in [0.1, 0.15) is 11.3 Å². The van der Waals surface area contributed by atoms with Crippen molar-refractivity contribution in [3.8, 4) is 17.3 Å². The monoisotopic (exact) mass is 512 g/mol. The van der Waals surface area contributed by atoms with Crippen LogP contribution < -0.4 is 10.1 Å². The highest BCUT2D eigenvalue weighted by molar-refractivity contribution is 7.71. The van der Waals surface area contributed by atoms with Gasteiger partial charge >= 0.3 is 0 Å². The van der Waals surface area contributed by atoms with E-state index in [2.05, 4.69) is 10.3 Å². The average molecular weight is 513 g/mol. The third-order valence-electron chi connectivity index (χ3n) is 5.41. The molecule has 0 atom stereocenters. The van der Waals surface area contributed by atoms with E-state index in [9.17, 15) is 14.3 Å². The molecule has 2 aromatic carbocycles. The van der Waals surface area contributed by atoms with Gasteiger partial charge in [0.2, 0.25) is 11.8 Å². The maximum atomic E-state index is 13.5. The van der Waals surface area contributed by atoms with E-state index in [4.69, 9.17) is 28.6 Å². The topological polar surface area (TPSA) is 81.3 Å². The molecule has 0 bridgehead atoms. The van der Waals surface area contributed by atoms with E-state index in [0.717, 1.165) is 5.56 Å². The second kappa shape index (κ2) is 10.7. The first-order chi connectivity index (χ1) is 16.9. The van der Waals surface area contributed by atoms with Crippen molar-refractivity contribution in [2.24, 2.45) is 0 Å². The second-order valence-electron chi connectivity index (χ2n) is 7.70. The van der Waals surface area contributed by atoms with Crippen LogP contribution in [0.3, 0.4) is 0 Å². The van der Waals surface area contributed by atoms with Crippen LogP contribution in [0.4, 0.5) is 10.2 Å². The van der Waals surface area contributed by atoms with Crippen molar-refractivity contribution in [1.29, 1.82) is 0 Å².